The number of aromatic nitrogens is 1. The molecule has 0 saturated carbocycles. The number of benzene rings is 2. The minimum atomic E-state index is 0.518. The van der Waals surface area contributed by atoms with Crippen molar-refractivity contribution in [3.63, 3.8) is 0 Å². The molecule has 3 aromatic rings. The summed E-state index contributed by atoms with van der Waals surface area (Å²) in [6, 6.07) is 12.8. The van der Waals surface area contributed by atoms with Crippen molar-refractivity contribution in [2.75, 3.05) is 0 Å². The molecule has 2 aromatic carbocycles. The maximum atomic E-state index is 8.41. The molecule has 0 aliphatic carbocycles. The van der Waals surface area contributed by atoms with E-state index in [0.717, 1.165) is 10.0 Å². The fraction of sp³-hybridized carbons (Fsp3) is 0. The molecule has 0 aliphatic rings. The number of hydrogen-bond donors (Lipinski definition) is 0. The lowest BCUT2D eigenvalue weighted by Gasteiger charge is -1.94. The average Bonchev–Trinajstić information content (AvgIpc) is 2.82. The van der Waals surface area contributed by atoms with Gasteiger partial charge >= 0.3 is 0 Å². The van der Waals surface area contributed by atoms with Crippen molar-refractivity contribution in [1.29, 1.82) is 0 Å². The van der Waals surface area contributed by atoms with Gasteiger partial charge in [0, 0.05) is 20.6 Å². The van der Waals surface area contributed by atoms with E-state index in [0.29, 0.717) is 22.7 Å². The van der Waals surface area contributed by atoms with Gasteiger partial charge in [0.15, 0.2) is 5.58 Å². The summed E-state index contributed by atoms with van der Waals surface area (Å²) in [5, 5.41) is 3.54. The first-order valence-electron chi connectivity index (χ1n) is 5.48. The summed E-state index contributed by atoms with van der Waals surface area (Å²) in [7, 11) is 0. The SMILES string of the molecule is [N-]=[N+]=Nc1ccc2oc(-c3cccc(Br)c3)nc2c1. The lowest BCUT2D eigenvalue weighted by Crippen LogP contribution is -1.76. The Hall–Kier alpha value is -2.30. The highest BCUT2D eigenvalue weighted by molar-refractivity contribution is 9.10. The highest BCUT2D eigenvalue weighted by Crippen LogP contribution is 2.28. The molecular weight excluding hydrogens is 308 g/mol. The molecule has 1 heterocycles. The van der Waals surface area contributed by atoms with E-state index in [2.05, 4.69) is 30.9 Å². The minimum absolute atomic E-state index is 0.518. The molecule has 0 aliphatic heterocycles. The van der Waals surface area contributed by atoms with Crippen molar-refractivity contribution in [2.45, 2.75) is 0 Å². The second-order valence-corrected chi connectivity index (χ2v) is 4.79. The first-order valence-corrected chi connectivity index (χ1v) is 6.27. The molecule has 0 fully saturated rings. The molecule has 0 bridgehead atoms. The van der Waals surface area contributed by atoms with Crippen LogP contribution in [0.15, 0.2) is 56.5 Å². The molecule has 5 nitrogen and oxygen atoms in total. The molecule has 3 rings (SSSR count). The van der Waals surface area contributed by atoms with Crippen molar-refractivity contribution in [1.82, 2.24) is 4.98 Å². The van der Waals surface area contributed by atoms with E-state index in [1.807, 2.05) is 24.3 Å². The minimum Gasteiger partial charge on any atom is -0.436 e. The third kappa shape index (κ3) is 2.31. The molecule has 0 unspecified atom stereocenters. The van der Waals surface area contributed by atoms with E-state index in [9.17, 15) is 0 Å². The third-order valence-corrected chi connectivity index (χ3v) is 3.10. The van der Waals surface area contributed by atoms with Gasteiger partial charge in [-0.2, -0.15) is 0 Å². The largest absolute Gasteiger partial charge is 0.436 e. The molecule has 0 atom stereocenters. The number of halogens is 1. The van der Waals surface area contributed by atoms with E-state index < -0.39 is 0 Å². The van der Waals surface area contributed by atoms with Crippen LogP contribution in [-0.2, 0) is 0 Å². The van der Waals surface area contributed by atoms with Crippen LogP contribution < -0.4 is 0 Å². The molecule has 0 saturated heterocycles. The molecule has 92 valence electrons. The number of hydrogen-bond acceptors (Lipinski definition) is 3. The highest BCUT2D eigenvalue weighted by Gasteiger charge is 2.08. The van der Waals surface area contributed by atoms with Crippen LogP contribution in [0.5, 0.6) is 0 Å². The number of fused-ring (bicyclic) bond motifs is 1. The highest BCUT2D eigenvalue weighted by atomic mass is 79.9. The van der Waals surface area contributed by atoms with E-state index >= 15 is 0 Å². The van der Waals surface area contributed by atoms with Gasteiger partial charge in [0.25, 0.3) is 0 Å². The lowest BCUT2D eigenvalue weighted by molar-refractivity contribution is 0.620. The zero-order chi connectivity index (χ0) is 13.2. The van der Waals surface area contributed by atoms with Gasteiger partial charge in [-0.05, 0) is 41.9 Å². The van der Waals surface area contributed by atoms with Crippen LogP contribution in [0, 0.1) is 0 Å². The second-order valence-electron chi connectivity index (χ2n) is 3.87. The monoisotopic (exact) mass is 314 g/mol. The first kappa shape index (κ1) is 11.8. The predicted octanol–water partition coefficient (Wildman–Crippen LogP) is 5.20. The van der Waals surface area contributed by atoms with Crippen molar-refractivity contribution in [2.24, 2.45) is 5.11 Å². The van der Waals surface area contributed by atoms with Gasteiger partial charge < -0.3 is 4.42 Å². The van der Waals surface area contributed by atoms with Gasteiger partial charge in [-0.15, -0.1) is 0 Å². The summed E-state index contributed by atoms with van der Waals surface area (Å²) in [6.45, 7) is 0. The average molecular weight is 315 g/mol. The Kier molecular flexibility index (Phi) is 2.95. The Labute approximate surface area is 116 Å². The molecule has 6 heteroatoms. The molecule has 0 N–H and O–H groups in total. The quantitative estimate of drug-likeness (QED) is 0.370. The molecule has 1 aromatic heterocycles. The fourth-order valence-corrected chi connectivity index (χ4v) is 2.17. The Balaban J connectivity index is 2.13. The summed E-state index contributed by atoms with van der Waals surface area (Å²) in [6.07, 6.45) is 0. The van der Waals surface area contributed by atoms with E-state index in [4.69, 9.17) is 9.95 Å². The third-order valence-electron chi connectivity index (χ3n) is 2.60. The zero-order valence-electron chi connectivity index (χ0n) is 9.62. The van der Waals surface area contributed by atoms with Crippen molar-refractivity contribution in [3.05, 3.63) is 57.4 Å². The van der Waals surface area contributed by atoms with Crippen LogP contribution >= 0.6 is 15.9 Å². The second kappa shape index (κ2) is 4.76. The van der Waals surface area contributed by atoms with E-state index in [1.165, 1.54) is 0 Å². The fourth-order valence-electron chi connectivity index (χ4n) is 1.77. The molecule has 19 heavy (non-hydrogen) atoms. The van der Waals surface area contributed by atoms with Crippen LogP contribution in [0.2, 0.25) is 0 Å². The maximum Gasteiger partial charge on any atom is 0.227 e. The Morgan fingerprint density at radius 2 is 2.11 bits per heavy atom. The normalized spacial score (nSPS) is 10.4. The number of azide groups is 1. The molecule has 0 radical (unpaired) electrons. The molecule has 0 amide bonds. The standard InChI is InChI=1S/C13H7BrN4O/c14-9-3-1-2-8(6-9)13-16-11-7-10(17-18-15)4-5-12(11)19-13/h1-7H. The zero-order valence-corrected chi connectivity index (χ0v) is 11.2. The summed E-state index contributed by atoms with van der Waals surface area (Å²) in [4.78, 5) is 7.15. The Bertz CT molecular complexity index is 805. The van der Waals surface area contributed by atoms with Gasteiger partial charge in [-0.3, -0.25) is 0 Å². The van der Waals surface area contributed by atoms with Gasteiger partial charge in [0.2, 0.25) is 5.89 Å². The number of nitrogens with zero attached hydrogens (tertiary/aromatic N) is 4. The smallest absolute Gasteiger partial charge is 0.227 e. The Morgan fingerprint density at radius 1 is 1.21 bits per heavy atom. The lowest BCUT2D eigenvalue weighted by atomic mass is 10.2. The number of rotatable bonds is 2. The van der Waals surface area contributed by atoms with E-state index in [1.54, 1.807) is 18.2 Å². The van der Waals surface area contributed by atoms with Gasteiger partial charge in [0.05, 0.1) is 0 Å². The maximum absolute atomic E-state index is 8.41. The van der Waals surface area contributed by atoms with Crippen LogP contribution in [0.1, 0.15) is 0 Å². The summed E-state index contributed by atoms with van der Waals surface area (Å²) >= 11 is 3.41. The van der Waals surface area contributed by atoms with Gasteiger partial charge in [-0.1, -0.05) is 27.1 Å². The number of oxazole rings is 1. The van der Waals surface area contributed by atoms with Crippen LogP contribution in [0.4, 0.5) is 5.69 Å². The van der Waals surface area contributed by atoms with E-state index in [-0.39, 0.29) is 0 Å². The van der Waals surface area contributed by atoms with Crippen LogP contribution in [0.25, 0.3) is 33.0 Å². The van der Waals surface area contributed by atoms with Gasteiger partial charge in [0.1, 0.15) is 5.52 Å². The van der Waals surface area contributed by atoms with Crippen LogP contribution in [0.3, 0.4) is 0 Å². The summed E-state index contributed by atoms with van der Waals surface area (Å²) in [5.74, 6) is 0.536. The van der Waals surface area contributed by atoms with Crippen molar-refractivity contribution < 1.29 is 4.42 Å². The van der Waals surface area contributed by atoms with Crippen molar-refractivity contribution >= 4 is 32.7 Å². The van der Waals surface area contributed by atoms with Gasteiger partial charge in [-0.25, -0.2) is 4.98 Å². The molecular formula is C13H7BrN4O. The summed E-state index contributed by atoms with van der Waals surface area (Å²) in [5.41, 5.74) is 11.1. The Morgan fingerprint density at radius 3 is 2.89 bits per heavy atom. The predicted molar refractivity (Wildman–Crippen MR) is 76.0 cm³/mol. The first-order chi connectivity index (χ1) is 9.26. The van der Waals surface area contributed by atoms with Crippen LogP contribution in [-0.4, -0.2) is 4.98 Å². The van der Waals surface area contributed by atoms with Crippen molar-refractivity contribution in [3.8, 4) is 11.5 Å². The topological polar surface area (TPSA) is 74.8 Å². The molecule has 0 spiro atoms. The summed E-state index contributed by atoms with van der Waals surface area (Å²) < 4.78 is 6.64.